The van der Waals surface area contributed by atoms with E-state index in [1.807, 2.05) is 13.8 Å². The summed E-state index contributed by atoms with van der Waals surface area (Å²) in [7, 11) is -0.806. The van der Waals surface area contributed by atoms with Gasteiger partial charge < -0.3 is 0 Å². The van der Waals surface area contributed by atoms with Crippen LogP contribution >= 0.6 is 0 Å². The Bertz CT molecular complexity index is 154. The molecule has 0 spiro atoms. The number of Topliss-reactive ketones (excluding diaryl/α,β-unsaturated/α-hetero) is 1. The molecule has 0 aliphatic heterocycles. The molecular weight excluding hydrogens is 160 g/mol. The van der Waals surface area contributed by atoms with E-state index in [1.165, 1.54) is 6.92 Å². The molecule has 0 aliphatic carbocycles. The average molecular weight is 176 g/mol. The summed E-state index contributed by atoms with van der Waals surface area (Å²) in [5.41, 5.74) is 0. The zero-order valence-corrected chi connectivity index (χ0v) is 8.24. The molecule has 0 N–H and O–H groups in total. The molecule has 11 heavy (non-hydrogen) atoms. The Kier molecular flexibility index (Phi) is 5.38. The number of rotatable bonds is 5. The van der Waals surface area contributed by atoms with Crippen molar-refractivity contribution in [3.05, 3.63) is 0 Å². The van der Waals surface area contributed by atoms with E-state index < -0.39 is 10.8 Å². The van der Waals surface area contributed by atoms with Crippen LogP contribution in [0.5, 0.6) is 0 Å². The highest BCUT2D eigenvalue weighted by Crippen LogP contribution is 2.02. The van der Waals surface area contributed by atoms with Crippen LogP contribution < -0.4 is 0 Å². The Hall–Kier alpha value is -0.180. The molecule has 0 rings (SSSR count). The highest BCUT2D eigenvalue weighted by atomic mass is 32.2. The minimum absolute atomic E-state index is 0.127. The van der Waals surface area contributed by atoms with Crippen molar-refractivity contribution < 1.29 is 9.00 Å². The Morgan fingerprint density at radius 1 is 1.55 bits per heavy atom. The van der Waals surface area contributed by atoms with E-state index in [4.69, 9.17) is 0 Å². The molecule has 0 fully saturated rings. The van der Waals surface area contributed by atoms with Crippen LogP contribution in [0.15, 0.2) is 0 Å². The number of hydrogen-bond donors (Lipinski definition) is 0. The molecule has 0 saturated carbocycles. The lowest BCUT2D eigenvalue weighted by Crippen LogP contribution is -2.14. The second-order valence-corrected chi connectivity index (χ2v) is 4.73. The summed E-state index contributed by atoms with van der Waals surface area (Å²) >= 11 is 0. The van der Waals surface area contributed by atoms with Crippen molar-refractivity contribution >= 4 is 16.6 Å². The van der Waals surface area contributed by atoms with Crippen LogP contribution in [0.25, 0.3) is 0 Å². The largest absolute Gasteiger partial charge is 0.300 e. The summed E-state index contributed by atoms with van der Waals surface area (Å²) in [5, 5.41) is 0.231. The van der Waals surface area contributed by atoms with Gasteiger partial charge in [-0.25, -0.2) is 0 Å². The summed E-state index contributed by atoms with van der Waals surface area (Å²) < 4.78 is 11.2. The van der Waals surface area contributed by atoms with E-state index >= 15 is 0 Å². The second kappa shape index (κ2) is 5.47. The van der Waals surface area contributed by atoms with Crippen LogP contribution in [0, 0.1) is 0 Å². The van der Waals surface area contributed by atoms with Gasteiger partial charge in [0.15, 0.2) is 0 Å². The van der Waals surface area contributed by atoms with E-state index in [1.54, 1.807) is 0 Å². The van der Waals surface area contributed by atoms with Crippen LogP contribution in [0.2, 0.25) is 0 Å². The summed E-state index contributed by atoms with van der Waals surface area (Å²) in [6, 6.07) is 0. The maximum Gasteiger partial charge on any atom is 0.130 e. The molecule has 0 bridgehead atoms. The first-order chi connectivity index (χ1) is 5.07. The van der Waals surface area contributed by atoms with Gasteiger partial charge in [-0.2, -0.15) is 0 Å². The van der Waals surface area contributed by atoms with Gasteiger partial charge in [0, 0.05) is 28.2 Å². The lowest BCUT2D eigenvalue weighted by atomic mass is 10.4. The molecule has 2 unspecified atom stereocenters. The molecule has 2 atom stereocenters. The van der Waals surface area contributed by atoms with Crippen molar-refractivity contribution in [2.24, 2.45) is 0 Å². The molecule has 0 aliphatic rings. The smallest absolute Gasteiger partial charge is 0.130 e. The third kappa shape index (κ3) is 5.13. The van der Waals surface area contributed by atoms with Gasteiger partial charge in [-0.3, -0.25) is 9.00 Å². The van der Waals surface area contributed by atoms with Crippen molar-refractivity contribution in [1.29, 1.82) is 0 Å². The van der Waals surface area contributed by atoms with Crippen LogP contribution in [-0.4, -0.2) is 21.0 Å². The summed E-state index contributed by atoms with van der Waals surface area (Å²) in [4.78, 5) is 10.5. The van der Waals surface area contributed by atoms with Crippen LogP contribution in [0.4, 0.5) is 0 Å². The third-order valence-corrected chi connectivity index (χ3v) is 3.52. The molecule has 0 saturated heterocycles. The van der Waals surface area contributed by atoms with Gasteiger partial charge in [-0.15, -0.1) is 0 Å². The van der Waals surface area contributed by atoms with Crippen molar-refractivity contribution in [3.8, 4) is 0 Å². The van der Waals surface area contributed by atoms with Gasteiger partial charge in [-0.05, 0) is 13.3 Å². The van der Waals surface area contributed by atoms with Crippen LogP contribution in [0.1, 0.15) is 33.6 Å². The van der Waals surface area contributed by atoms with Gasteiger partial charge in [-0.1, -0.05) is 13.8 Å². The topological polar surface area (TPSA) is 34.1 Å². The molecule has 0 aromatic rings. The van der Waals surface area contributed by atoms with E-state index in [9.17, 15) is 9.00 Å². The number of carbonyl (C=O) groups is 1. The van der Waals surface area contributed by atoms with Crippen LogP contribution in [-0.2, 0) is 15.6 Å². The predicted octanol–water partition coefficient (Wildman–Crippen LogP) is 1.51. The third-order valence-electron chi connectivity index (χ3n) is 1.68. The SMILES string of the molecule is CCC(C)S(=O)CCC(C)=O. The van der Waals surface area contributed by atoms with E-state index in [0.717, 1.165) is 6.42 Å². The van der Waals surface area contributed by atoms with E-state index in [-0.39, 0.29) is 11.0 Å². The van der Waals surface area contributed by atoms with Gasteiger partial charge in [0.1, 0.15) is 5.78 Å². The summed E-state index contributed by atoms with van der Waals surface area (Å²) in [6.07, 6.45) is 1.38. The van der Waals surface area contributed by atoms with Gasteiger partial charge >= 0.3 is 0 Å². The fourth-order valence-corrected chi connectivity index (χ4v) is 1.89. The maximum absolute atomic E-state index is 11.2. The Morgan fingerprint density at radius 3 is 2.45 bits per heavy atom. The molecule has 0 heterocycles. The predicted molar refractivity (Wildman–Crippen MR) is 48.1 cm³/mol. The molecule has 2 nitrogen and oxygen atoms in total. The first-order valence-corrected chi connectivity index (χ1v) is 5.32. The first-order valence-electron chi connectivity index (χ1n) is 3.94. The fraction of sp³-hybridized carbons (Fsp3) is 0.875. The summed E-state index contributed by atoms with van der Waals surface area (Å²) in [6.45, 7) is 5.50. The molecule has 0 aromatic heterocycles. The molecule has 0 aromatic carbocycles. The lowest BCUT2D eigenvalue weighted by Gasteiger charge is -2.06. The number of ketones is 1. The lowest BCUT2D eigenvalue weighted by molar-refractivity contribution is -0.116. The van der Waals surface area contributed by atoms with E-state index in [0.29, 0.717) is 12.2 Å². The summed E-state index contributed by atoms with van der Waals surface area (Å²) in [5.74, 6) is 0.659. The van der Waals surface area contributed by atoms with E-state index in [2.05, 4.69) is 0 Å². The Labute approximate surface area is 70.8 Å². The Balaban J connectivity index is 3.60. The van der Waals surface area contributed by atoms with Gasteiger partial charge in [0.05, 0.1) is 0 Å². The van der Waals surface area contributed by atoms with Gasteiger partial charge in [0.25, 0.3) is 0 Å². The van der Waals surface area contributed by atoms with Gasteiger partial charge in [0.2, 0.25) is 0 Å². The minimum atomic E-state index is -0.806. The maximum atomic E-state index is 11.2. The first kappa shape index (κ1) is 10.8. The Morgan fingerprint density at radius 2 is 2.09 bits per heavy atom. The molecule has 0 amide bonds. The number of carbonyl (C=O) groups excluding carboxylic acids is 1. The zero-order valence-electron chi connectivity index (χ0n) is 7.42. The van der Waals surface area contributed by atoms with Crippen molar-refractivity contribution in [3.63, 3.8) is 0 Å². The zero-order chi connectivity index (χ0) is 8.85. The van der Waals surface area contributed by atoms with Crippen molar-refractivity contribution in [1.82, 2.24) is 0 Å². The minimum Gasteiger partial charge on any atom is -0.300 e. The molecule has 3 heteroatoms. The monoisotopic (exact) mass is 176 g/mol. The fourth-order valence-electron chi connectivity index (χ4n) is 0.631. The molecule has 66 valence electrons. The van der Waals surface area contributed by atoms with Crippen molar-refractivity contribution in [2.75, 3.05) is 5.75 Å². The van der Waals surface area contributed by atoms with Crippen LogP contribution in [0.3, 0.4) is 0 Å². The molecule has 0 radical (unpaired) electrons. The highest BCUT2D eigenvalue weighted by Gasteiger charge is 2.08. The average Bonchev–Trinajstić information content (AvgIpc) is 1.98. The van der Waals surface area contributed by atoms with Crippen molar-refractivity contribution in [2.45, 2.75) is 38.9 Å². The molecular formula is C8H16O2S. The standard InChI is InChI=1S/C8H16O2S/c1-4-8(3)11(10)6-5-7(2)9/h8H,4-6H2,1-3H3. The number of hydrogen-bond acceptors (Lipinski definition) is 2. The second-order valence-electron chi connectivity index (χ2n) is 2.76. The highest BCUT2D eigenvalue weighted by molar-refractivity contribution is 7.85. The normalized spacial score (nSPS) is 15.9. The quantitative estimate of drug-likeness (QED) is 0.636.